The largest absolute Gasteiger partial charge is 0.455 e. The van der Waals surface area contributed by atoms with Crippen LogP contribution in [0.3, 0.4) is 0 Å². The molecule has 0 aromatic rings. The predicted octanol–water partition coefficient (Wildman–Crippen LogP) is 2.13. The van der Waals surface area contributed by atoms with Gasteiger partial charge in [0.25, 0.3) is 0 Å². The van der Waals surface area contributed by atoms with Gasteiger partial charge >= 0.3 is 11.9 Å². The molecule has 4 nitrogen and oxygen atoms in total. The number of ether oxygens (including phenoxy) is 2. The maximum absolute atomic E-state index is 11.7. The molecule has 0 spiro atoms. The third-order valence-electron chi connectivity index (χ3n) is 2.52. The van der Waals surface area contributed by atoms with Crippen LogP contribution in [-0.4, -0.2) is 29.4 Å². The molecule has 1 unspecified atom stereocenters. The Kier molecular flexibility index (Phi) is 5.26. The van der Waals surface area contributed by atoms with Gasteiger partial charge in [-0.1, -0.05) is 19.9 Å². The summed E-state index contributed by atoms with van der Waals surface area (Å²) in [5.74, 6) is -0.509. The zero-order valence-corrected chi connectivity index (χ0v) is 12.1. The number of hydrogen-bond donors (Lipinski definition) is 1. The lowest BCUT2D eigenvalue weighted by Crippen LogP contribution is -2.27. The fourth-order valence-electron chi connectivity index (χ4n) is 1.77. The summed E-state index contributed by atoms with van der Waals surface area (Å²) < 4.78 is 10.4. The summed E-state index contributed by atoms with van der Waals surface area (Å²) in [6.07, 6.45) is 0.953. The Morgan fingerprint density at radius 2 is 2.11 bits per heavy atom. The second-order valence-corrected chi connectivity index (χ2v) is 5.80. The molecule has 102 valence electrons. The highest BCUT2D eigenvalue weighted by molar-refractivity contribution is 7.81. The SMILES string of the molecule is CC(S)/C=C1/C(=O)O[C@@H](C)[C@H]1OC(=O)CC(C)C. The van der Waals surface area contributed by atoms with Crippen molar-refractivity contribution in [2.24, 2.45) is 5.92 Å². The summed E-state index contributed by atoms with van der Waals surface area (Å²) in [6, 6.07) is 0. The third-order valence-corrected chi connectivity index (χ3v) is 2.66. The van der Waals surface area contributed by atoms with E-state index in [1.807, 2.05) is 20.8 Å². The highest BCUT2D eigenvalue weighted by atomic mass is 32.1. The number of cyclic esters (lactones) is 1. The maximum atomic E-state index is 11.7. The monoisotopic (exact) mass is 272 g/mol. The molecule has 0 aromatic heterocycles. The highest BCUT2D eigenvalue weighted by Gasteiger charge is 2.40. The van der Waals surface area contributed by atoms with Crippen LogP contribution in [0.25, 0.3) is 0 Å². The normalized spacial score (nSPS) is 27.4. The van der Waals surface area contributed by atoms with Crippen molar-refractivity contribution in [1.29, 1.82) is 0 Å². The molecule has 1 rings (SSSR count). The van der Waals surface area contributed by atoms with E-state index in [9.17, 15) is 9.59 Å². The minimum atomic E-state index is -0.613. The Morgan fingerprint density at radius 1 is 1.50 bits per heavy atom. The Bertz CT molecular complexity index is 360. The smallest absolute Gasteiger partial charge is 0.338 e. The molecule has 1 aliphatic rings. The molecule has 0 bridgehead atoms. The molecule has 0 amide bonds. The lowest BCUT2D eigenvalue weighted by Gasteiger charge is -2.16. The number of carbonyl (C=O) groups is 2. The Balaban J connectivity index is 2.78. The van der Waals surface area contributed by atoms with Gasteiger partial charge in [-0.3, -0.25) is 4.79 Å². The molecule has 0 aliphatic carbocycles. The van der Waals surface area contributed by atoms with Gasteiger partial charge < -0.3 is 9.47 Å². The van der Waals surface area contributed by atoms with Gasteiger partial charge in [0, 0.05) is 11.7 Å². The van der Waals surface area contributed by atoms with Crippen LogP contribution < -0.4 is 0 Å². The first-order valence-corrected chi connectivity index (χ1v) is 6.63. The van der Waals surface area contributed by atoms with Crippen LogP contribution in [0, 0.1) is 5.92 Å². The van der Waals surface area contributed by atoms with Gasteiger partial charge in [0.1, 0.15) is 6.10 Å². The summed E-state index contributed by atoms with van der Waals surface area (Å²) in [6.45, 7) is 7.43. The summed E-state index contributed by atoms with van der Waals surface area (Å²) in [5.41, 5.74) is 0.391. The Labute approximate surface area is 113 Å². The molecular formula is C13H20O4S. The third kappa shape index (κ3) is 4.05. The summed E-state index contributed by atoms with van der Waals surface area (Å²) in [4.78, 5) is 23.3. The van der Waals surface area contributed by atoms with Crippen LogP contribution in [0.4, 0.5) is 0 Å². The molecule has 1 saturated heterocycles. The molecule has 0 N–H and O–H groups in total. The van der Waals surface area contributed by atoms with Crippen molar-refractivity contribution in [3.8, 4) is 0 Å². The highest BCUT2D eigenvalue weighted by Crippen LogP contribution is 2.26. The minimum absolute atomic E-state index is 0.0934. The summed E-state index contributed by atoms with van der Waals surface area (Å²) in [5, 5.41) is -0.0934. The van der Waals surface area contributed by atoms with Crippen molar-refractivity contribution < 1.29 is 19.1 Å². The maximum Gasteiger partial charge on any atom is 0.338 e. The molecule has 1 aliphatic heterocycles. The average Bonchev–Trinajstić information content (AvgIpc) is 2.43. The van der Waals surface area contributed by atoms with Gasteiger partial charge in [-0.15, -0.1) is 0 Å². The Hall–Kier alpha value is -0.970. The van der Waals surface area contributed by atoms with E-state index in [2.05, 4.69) is 12.6 Å². The van der Waals surface area contributed by atoms with Crippen molar-refractivity contribution in [3.63, 3.8) is 0 Å². The van der Waals surface area contributed by atoms with Gasteiger partial charge in [0.05, 0.1) is 5.57 Å². The molecule has 0 radical (unpaired) electrons. The number of carbonyl (C=O) groups excluding carboxylic acids is 2. The molecule has 1 heterocycles. The van der Waals surface area contributed by atoms with E-state index >= 15 is 0 Å². The minimum Gasteiger partial charge on any atom is -0.455 e. The lowest BCUT2D eigenvalue weighted by molar-refractivity contribution is -0.152. The first kappa shape index (κ1) is 15.1. The molecule has 18 heavy (non-hydrogen) atoms. The molecular weight excluding hydrogens is 252 g/mol. The van der Waals surface area contributed by atoms with E-state index in [-0.39, 0.29) is 17.1 Å². The van der Waals surface area contributed by atoms with Gasteiger partial charge in [0.15, 0.2) is 6.10 Å². The molecule has 0 aromatic carbocycles. The van der Waals surface area contributed by atoms with Crippen LogP contribution in [-0.2, 0) is 19.1 Å². The molecule has 5 heteroatoms. The van der Waals surface area contributed by atoms with Crippen molar-refractivity contribution in [2.75, 3.05) is 0 Å². The number of rotatable bonds is 4. The molecule has 0 saturated carbocycles. The van der Waals surface area contributed by atoms with Gasteiger partial charge in [-0.05, 0) is 19.8 Å². The predicted molar refractivity (Wildman–Crippen MR) is 71.4 cm³/mol. The van der Waals surface area contributed by atoms with E-state index < -0.39 is 18.2 Å². The molecule has 1 fully saturated rings. The van der Waals surface area contributed by atoms with E-state index in [1.165, 1.54) is 0 Å². The standard InChI is InChI=1S/C13H20O4S/c1-7(2)5-11(14)17-12-9(4)16-13(15)10(12)6-8(3)18/h6-9,12,18H,5H2,1-4H3/b10-6+/t8?,9-,12+/m0/s1. The lowest BCUT2D eigenvalue weighted by atomic mass is 10.1. The van der Waals surface area contributed by atoms with Crippen molar-refractivity contribution in [1.82, 2.24) is 0 Å². The van der Waals surface area contributed by atoms with E-state index in [0.29, 0.717) is 12.0 Å². The first-order chi connectivity index (χ1) is 8.31. The van der Waals surface area contributed by atoms with Gasteiger partial charge in [-0.2, -0.15) is 12.6 Å². The van der Waals surface area contributed by atoms with Gasteiger partial charge in [0.2, 0.25) is 0 Å². The van der Waals surface area contributed by atoms with Gasteiger partial charge in [-0.25, -0.2) is 4.79 Å². The second-order valence-electron chi connectivity index (χ2n) is 4.98. The Morgan fingerprint density at radius 3 is 2.61 bits per heavy atom. The number of hydrogen-bond acceptors (Lipinski definition) is 5. The summed E-state index contributed by atoms with van der Waals surface area (Å²) in [7, 11) is 0. The van der Waals surface area contributed by atoms with Crippen LogP contribution in [0.1, 0.15) is 34.1 Å². The van der Waals surface area contributed by atoms with E-state index in [1.54, 1.807) is 13.0 Å². The van der Waals surface area contributed by atoms with E-state index in [4.69, 9.17) is 9.47 Å². The quantitative estimate of drug-likeness (QED) is 0.484. The van der Waals surface area contributed by atoms with Crippen LogP contribution in [0.5, 0.6) is 0 Å². The fraction of sp³-hybridized carbons (Fsp3) is 0.692. The fourth-order valence-corrected chi connectivity index (χ4v) is 1.93. The first-order valence-electron chi connectivity index (χ1n) is 6.11. The van der Waals surface area contributed by atoms with Crippen molar-refractivity contribution in [3.05, 3.63) is 11.6 Å². The second kappa shape index (κ2) is 6.27. The average molecular weight is 272 g/mol. The topological polar surface area (TPSA) is 52.6 Å². The van der Waals surface area contributed by atoms with Crippen LogP contribution in [0.2, 0.25) is 0 Å². The summed E-state index contributed by atoms with van der Waals surface area (Å²) >= 11 is 4.21. The van der Waals surface area contributed by atoms with Crippen LogP contribution in [0.15, 0.2) is 11.6 Å². The number of thiol groups is 1. The number of esters is 2. The van der Waals surface area contributed by atoms with E-state index in [0.717, 1.165) is 0 Å². The van der Waals surface area contributed by atoms with Crippen molar-refractivity contribution >= 4 is 24.6 Å². The van der Waals surface area contributed by atoms with Crippen LogP contribution >= 0.6 is 12.6 Å². The van der Waals surface area contributed by atoms with Crippen molar-refractivity contribution in [2.45, 2.75) is 51.6 Å². The zero-order chi connectivity index (χ0) is 13.9. The molecule has 3 atom stereocenters. The zero-order valence-electron chi connectivity index (χ0n) is 11.2.